The van der Waals surface area contributed by atoms with Crippen LogP contribution in [0.1, 0.15) is 11.6 Å². The molecule has 0 saturated carbocycles. The van der Waals surface area contributed by atoms with E-state index in [1.807, 2.05) is 6.07 Å². The van der Waals surface area contributed by atoms with Crippen LogP contribution in [0.15, 0.2) is 27.7 Å². The van der Waals surface area contributed by atoms with Gasteiger partial charge in [-0.05, 0) is 12.1 Å². The molecule has 0 amide bonds. The Bertz CT molecular complexity index is 316. The van der Waals surface area contributed by atoms with E-state index in [2.05, 4.69) is 20.9 Å². The molecule has 1 unspecified atom stereocenters. The maximum atomic E-state index is 13.0. The maximum absolute atomic E-state index is 13.0. The summed E-state index contributed by atoms with van der Waals surface area (Å²) in [5, 5.41) is 0. The van der Waals surface area contributed by atoms with Gasteiger partial charge in [-0.25, -0.2) is 4.39 Å². The first-order valence-corrected chi connectivity index (χ1v) is 4.05. The largest absolute Gasteiger partial charge is 0.281 e. The number of halogens is 2. The lowest BCUT2D eigenvalue weighted by Crippen LogP contribution is -1.87. The van der Waals surface area contributed by atoms with Gasteiger partial charge in [-0.2, -0.15) is 0 Å². The third-order valence-corrected chi connectivity index (χ3v) is 2.07. The maximum Gasteiger partial charge on any atom is 0.130 e. The average Bonchev–Trinajstić information content (AvgIpc) is 2.70. The van der Waals surface area contributed by atoms with Crippen molar-refractivity contribution in [3.05, 3.63) is 34.1 Å². The molecule has 1 aliphatic rings. The summed E-state index contributed by atoms with van der Waals surface area (Å²) >= 11 is 3.18. The van der Waals surface area contributed by atoms with Crippen LogP contribution in [-0.4, -0.2) is 6.21 Å². The molecule has 0 radical (unpaired) electrons. The molecule has 1 atom stereocenters. The summed E-state index contributed by atoms with van der Waals surface area (Å²) in [4.78, 5) is 3.88. The molecule has 1 aromatic rings. The van der Waals surface area contributed by atoms with Crippen molar-refractivity contribution >= 4 is 22.1 Å². The topological polar surface area (TPSA) is 12.4 Å². The van der Waals surface area contributed by atoms with E-state index in [0.717, 1.165) is 4.47 Å². The van der Waals surface area contributed by atoms with Gasteiger partial charge in [0.2, 0.25) is 0 Å². The second-order valence-electron chi connectivity index (χ2n) is 2.41. The summed E-state index contributed by atoms with van der Waals surface area (Å²) in [5.41, 5.74) is 0.660. The van der Waals surface area contributed by atoms with Crippen molar-refractivity contribution in [2.24, 2.45) is 4.99 Å². The summed E-state index contributed by atoms with van der Waals surface area (Å²) in [6.07, 6.45) is 1.73. The molecule has 11 heavy (non-hydrogen) atoms. The number of nitrogens with zero attached hydrogens (tertiary/aromatic N) is 1. The van der Waals surface area contributed by atoms with Crippen LogP contribution in [0.5, 0.6) is 0 Å². The van der Waals surface area contributed by atoms with Crippen LogP contribution < -0.4 is 0 Å². The molecule has 1 aromatic carbocycles. The highest BCUT2D eigenvalue weighted by molar-refractivity contribution is 9.10. The molecule has 3 heteroatoms. The fourth-order valence-electron chi connectivity index (χ4n) is 0.945. The van der Waals surface area contributed by atoms with Gasteiger partial charge in [-0.15, -0.1) is 0 Å². The second kappa shape index (κ2) is 2.41. The minimum absolute atomic E-state index is 0.00287. The summed E-state index contributed by atoms with van der Waals surface area (Å²) in [6, 6.07) is 5.02. The Morgan fingerprint density at radius 2 is 2.18 bits per heavy atom. The number of rotatable bonds is 1. The SMILES string of the molecule is Fc1cc(Br)ccc1C1C=N1. The van der Waals surface area contributed by atoms with E-state index in [-0.39, 0.29) is 11.9 Å². The molecule has 2 rings (SSSR count). The van der Waals surface area contributed by atoms with Gasteiger partial charge >= 0.3 is 0 Å². The Morgan fingerprint density at radius 1 is 1.45 bits per heavy atom. The van der Waals surface area contributed by atoms with E-state index >= 15 is 0 Å². The number of hydrogen-bond donors (Lipinski definition) is 0. The fourth-order valence-corrected chi connectivity index (χ4v) is 1.28. The molecule has 0 N–H and O–H groups in total. The smallest absolute Gasteiger partial charge is 0.130 e. The lowest BCUT2D eigenvalue weighted by Gasteiger charge is -1.98. The first-order chi connectivity index (χ1) is 5.27. The van der Waals surface area contributed by atoms with E-state index in [1.54, 1.807) is 12.3 Å². The van der Waals surface area contributed by atoms with Crippen molar-refractivity contribution in [1.29, 1.82) is 0 Å². The lowest BCUT2D eigenvalue weighted by molar-refractivity contribution is 0.611. The molecule has 0 fully saturated rings. The number of aliphatic imine (C=N–C) groups is 1. The van der Waals surface area contributed by atoms with Gasteiger partial charge in [0, 0.05) is 16.3 Å². The van der Waals surface area contributed by atoms with Crippen molar-refractivity contribution in [3.8, 4) is 0 Å². The average molecular weight is 214 g/mol. The van der Waals surface area contributed by atoms with Gasteiger partial charge in [-0.1, -0.05) is 22.0 Å². The van der Waals surface area contributed by atoms with Crippen LogP contribution >= 0.6 is 15.9 Å². The Balaban J connectivity index is 2.40. The van der Waals surface area contributed by atoms with E-state index in [0.29, 0.717) is 5.56 Å². The van der Waals surface area contributed by atoms with Gasteiger partial charge in [0.05, 0.1) is 0 Å². The molecule has 1 heterocycles. The monoisotopic (exact) mass is 213 g/mol. The molecular weight excluding hydrogens is 209 g/mol. The van der Waals surface area contributed by atoms with Crippen LogP contribution in [0.4, 0.5) is 4.39 Å². The zero-order valence-corrected chi connectivity index (χ0v) is 7.18. The van der Waals surface area contributed by atoms with Crippen molar-refractivity contribution in [2.45, 2.75) is 6.04 Å². The van der Waals surface area contributed by atoms with Gasteiger partial charge in [-0.3, -0.25) is 4.99 Å². The number of hydrogen-bond acceptors (Lipinski definition) is 1. The van der Waals surface area contributed by atoms with Crippen molar-refractivity contribution in [2.75, 3.05) is 0 Å². The predicted molar refractivity (Wildman–Crippen MR) is 45.3 cm³/mol. The molecule has 0 aromatic heterocycles. The second-order valence-corrected chi connectivity index (χ2v) is 3.32. The Kier molecular flexibility index (Phi) is 1.53. The van der Waals surface area contributed by atoms with Crippen LogP contribution in [-0.2, 0) is 0 Å². The van der Waals surface area contributed by atoms with Gasteiger partial charge in [0.15, 0.2) is 0 Å². The first-order valence-electron chi connectivity index (χ1n) is 3.25. The molecule has 56 valence electrons. The molecule has 0 aliphatic carbocycles. The molecule has 0 bridgehead atoms. The van der Waals surface area contributed by atoms with Crippen molar-refractivity contribution in [3.63, 3.8) is 0 Å². The first kappa shape index (κ1) is 6.98. The van der Waals surface area contributed by atoms with Crippen molar-refractivity contribution in [1.82, 2.24) is 0 Å². The highest BCUT2D eigenvalue weighted by Crippen LogP contribution is 2.28. The van der Waals surface area contributed by atoms with Crippen LogP contribution in [0.25, 0.3) is 0 Å². The normalized spacial score (nSPS) is 20.4. The minimum Gasteiger partial charge on any atom is -0.281 e. The zero-order valence-electron chi connectivity index (χ0n) is 5.59. The molecule has 1 aliphatic heterocycles. The molecular formula is C8H5BrFN. The fraction of sp³-hybridized carbons (Fsp3) is 0.125. The van der Waals surface area contributed by atoms with E-state index < -0.39 is 0 Å². The Morgan fingerprint density at radius 3 is 2.73 bits per heavy atom. The van der Waals surface area contributed by atoms with Crippen molar-refractivity contribution < 1.29 is 4.39 Å². The third-order valence-electron chi connectivity index (χ3n) is 1.58. The van der Waals surface area contributed by atoms with E-state index in [1.165, 1.54) is 6.07 Å². The van der Waals surface area contributed by atoms with E-state index in [9.17, 15) is 4.39 Å². The summed E-state index contributed by atoms with van der Waals surface area (Å²) in [6.45, 7) is 0. The quantitative estimate of drug-likeness (QED) is 0.681. The Labute approximate surface area is 72.1 Å². The van der Waals surface area contributed by atoms with Crippen LogP contribution in [0, 0.1) is 5.82 Å². The van der Waals surface area contributed by atoms with Gasteiger partial charge in [0.1, 0.15) is 11.9 Å². The highest BCUT2D eigenvalue weighted by Gasteiger charge is 2.19. The van der Waals surface area contributed by atoms with Gasteiger partial charge in [0.25, 0.3) is 0 Å². The minimum atomic E-state index is -0.193. The summed E-state index contributed by atoms with van der Waals surface area (Å²) in [5.74, 6) is -0.193. The predicted octanol–water partition coefficient (Wildman–Crippen LogP) is 2.71. The van der Waals surface area contributed by atoms with Crippen LogP contribution in [0.3, 0.4) is 0 Å². The molecule has 1 nitrogen and oxygen atoms in total. The zero-order chi connectivity index (χ0) is 7.84. The van der Waals surface area contributed by atoms with E-state index in [4.69, 9.17) is 0 Å². The summed E-state index contributed by atoms with van der Waals surface area (Å²) < 4.78 is 13.8. The highest BCUT2D eigenvalue weighted by atomic mass is 79.9. The number of benzene rings is 1. The molecule has 0 saturated heterocycles. The molecule has 0 spiro atoms. The van der Waals surface area contributed by atoms with Crippen LogP contribution in [0.2, 0.25) is 0 Å². The Hall–Kier alpha value is -0.700. The standard InChI is InChI=1S/C8H5BrFN/c9-5-1-2-6(7(10)3-5)8-4-11-8/h1-4,8H. The lowest BCUT2D eigenvalue weighted by atomic mass is 10.1. The third kappa shape index (κ3) is 1.33. The summed E-state index contributed by atoms with van der Waals surface area (Å²) in [7, 11) is 0. The van der Waals surface area contributed by atoms with Gasteiger partial charge < -0.3 is 0 Å².